The molecule has 1 aromatic carbocycles. The fourth-order valence-corrected chi connectivity index (χ4v) is 6.79. The van der Waals surface area contributed by atoms with E-state index in [0.29, 0.717) is 24.0 Å². The Bertz CT molecular complexity index is 686. The van der Waals surface area contributed by atoms with E-state index in [1.165, 1.54) is 19.3 Å². The number of hydrogen-bond acceptors (Lipinski definition) is 3. The first-order chi connectivity index (χ1) is 11.5. The summed E-state index contributed by atoms with van der Waals surface area (Å²) in [5.41, 5.74) is 1.03. The number of benzene rings is 1. The minimum Gasteiger partial charge on any atom is -0.375 e. The molecule has 4 rings (SSSR count). The first kappa shape index (κ1) is 16.6. The maximum absolute atomic E-state index is 13.2. The van der Waals surface area contributed by atoms with Gasteiger partial charge in [0.05, 0.1) is 10.5 Å². The second-order valence-electron chi connectivity index (χ2n) is 7.65. The number of hydrogen-bond donors (Lipinski definition) is 0. The molecular weight excluding hydrogens is 322 g/mol. The normalized spacial score (nSPS) is 30.4. The molecule has 5 heteroatoms. The third kappa shape index (κ3) is 2.61. The zero-order valence-corrected chi connectivity index (χ0v) is 15.2. The van der Waals surface area contributed by atoms with Crippen LogP contribution < -0.4 is 0 Å². The third-order valence-corrected chi connectivity index (χ3v) is 8.24. The number of nitrogens with zero attached hydrogens (tertiary/aromatic N) is 1. The molecule has 3 aliphatic rings. The molecule has 0 amide bonds. The van der Waals surface area contributed by atoms with Gasteiger partial charge >= 0.3 is 0 Å². The van der Waals surface area contributed by atoms with Crippen LogP contribution in [0.3, 0.4) is 0 Å². The molecule has 3 fully saturated rings. The Kier molecular flexibility index (Phi) is 4.22. The smallest absolute Gasteiger partial charge is 0.243 e. The first-order valence-electron chi connectivity index (χ1n) is 9.25. The molecule has 1 aliphatic carbocycles. The maximum Gasteiger partial charge on any atom is 0.243 e. The van der Waals surface area contributed by atoms with Crippen molar-refractivity contribution in [2.45, 2.75) is 68.4 Å². The third-order valence-electron chi connectivity index (χ3n) is 6.30. The molecule has 132 valence electrons. The second kappa shape index (κ2) is 6.11. The van der Waals surface area contributed by atoms with Gasteiger partial charge in [0.15, 0.2) is 0 Å². The van der Waals surface area contributed by atoms with Gasteiger partial charge < -0.3 is 4.74 Å². The summed E-state index contributed by atoms with van der Waals surface area (Å²) < 4.78 is 34.4. The topological polar surface area (TPSA) is 46.6 Å². The monoisotopic (exact) mass is 349 g/mol. The van der Waals surface area contributed by atoms with Crippen molar-refractivity contribution in [3.8, 4) is 0 Å². The Morgan fingerprint density at radius 3 is 2.50 bits per heavy atom. The fourth-order valence-electron chi connectivity index (χ4n) is 5.08. The average molecular weight is 349 g/mol. The van der Waals surface area contributed by atoms with Crippen LogP contribution in [0.2, 0.25) is 0 Å². The van der Waals surface area contributed by atoms with Crippen LogP contribution in [0.15, 0.2) is 29.2 Å². The van der Waals surface area contributed by atoms with E-state index in [0.717, 1.165) is 31.2 Å². The minimum absolute atomic E-state index is 0.0568. The molecule has 2 saturated heterocycles. The van der Waals surface area contributed by atoms with Gasteiger partial charge in [-0.3, -0.25) is 0 Å². The van der Waals surface area contributed by atoms with E-state index in [1.807, 2.05) is 19.1 Å². The molecule has 2 aliphatic heterocycles. The molecule has 0 aromatic heterocycles. The highest BCUT2D eigenvalue weighted by atomic mass is 32.2. The SMILES string of the molecule is Cc1ccc(S(=O)(=O)N2CC[C@H]3[C@@H]2CCOC32CCCCC2)cc1. The van der Waals surface area contributed by atoms with Gasteiger partial charge in [0, 0.05) is 25.1 Å². The van der Waals surface area contributed by atoms with Crippen LogP contribution in [0.4, 0.5) is 0 Å². The molecule has 0 unspecified atom stereocenters. The molecule has 2 heterocycles. The number of rotatable bonds is 2. The zero-order valence-electron chi connectivity index (χ0n) is 14.4. The lowest BCUT2D eigenvalue weighted by Gasteiger charge is -2.48. The van der Waals surface area contributed by atoms with Crippen LogP contribution in [0.25, 0.3) is 0 Å². The van der Waals surface area contributed by atoms with Gasteiger partial charge in [-0.1, -0.05) is 37.0 Å². The van der Waals surface area contributed by atoms with Crippen molar-refractivity contribution in [2.24, 2.45) is 5.92 Å². The highest BCUT2D eigenvalue weighted by molar-refractivity contribution is 7.89. The van der Waals surface area contributed by atoms with Crippen LogP contribution in [0.5, 0.6) is 0 Å². The van der Waals surface area contributed by atoms with Gasteiger partial charge in [0.25, 0.3) is 0 Å². The predicted octanol–water partition coefficient (Wildman–Crippen LogP) is 3.50. The van der Waals surface area contributed by atoms with E-state index >= 15 is 0 Å². The van der Waals surface area contributed by atoms with Crippen LogP contribution >= 0.6 is 0 Å². The van der Waals surface area contributed by atoms with Gasteiger partial charge in [-0.15, -0.1) is 0 Å². The summed E-state index contributed by atoms with van der Waals surface area (Å²) >= 11 is 0. The summed E-state index contributed by atoms with van der Waals surface area (Å²) in [7, 11) is -3.40. The number of aryl methyl sites for hydroxylation is 1. The standard InChI is InChI=1S/C19H27NO3S/c1-15-5-7-16(8-6-15)24(21,22)20-13-9-17-18(20)10-14-23-19(17)11-3-2-4-12-19/h5-8,17-18H,2-4,9-14H2,1H3/t17-,18-/m0/s1. The minimum atomic E-state index is -3.40. The fraction of sp³-hybridized carbons (Fsp3) is 0.684. The van der Waals surface area contributed by atoms with Crippen molar-refractivity contribution < 1.29 is 13.2 Å². The number of ether oxygens (including phenoxy) is 1. The molecule has 2 atom stereocenters. The Hall–Kier alpha value is -0.910. The summed E-state index contributed by atoms with van der Waals surface area (Å²) in [6.45, 7) is 3.31. The van der Waals surface area contributed by atoms with E-state index in [4.69, 9.17) is 4.74 Å². The lowest BCUT2D eigenvalue weighted by Crippen LogP contribution is -2.53. The number of fused-ring (bicyclic) bond motifs is 2. The van der Waals surface area contributed by atoms with Gasteiger partial charge in [0.1, 0.15) is 0 Å². The lowest BCUT2D eigenvalue weighted by atomic mass is 9.70. The van der Waals surface area contributed by atoms with Gasteiger partial charge in [0.2, 0.25) is 10.0 Å². The molecule has 4 nitrogen and oxygen atoms in total. The molecule has 1 saturated carbocycles. The van der Waals surface area contributed by atoms with Crippen molar-refractivity contribution >= 4 is 10.0 Å². The van der Waals surface area contributed by atoms with Crippen molar-refractivity contribution in [3.63, 3.8) is 0 Å². The highest BCUT2D eigenvalue weighted by Crippen LogP contribution is 2.49. The van der Waals surface area contributed by atoms with Crippen molar-refractivity contribution in [1.29, 1.82) is 0 Å². The van der Waals surface area contributed by atoms with Gasteiger partial charge in [-0.05, 0) is 44.7 Å². The second-order valence-corrected chi connectivity index (χ2v) is 9.54. The van der Waals surface area contributed by atoms with Gasteiger partial charge in [-0.25, -0.2) is 8.42 Å². The first-order valence-corrected chi connectivity index (χ1v) is 10.7. The average Bonchev–Trinajstić information content (AvgIpc) is 3.03. The summed E-state index contributed by atoms with van der Waals surface area (Å²) in [5.74, 6) is 0.367. The Balaban J connectivity index is 1.63. The predicted molar refractivity (Wildman–Crippen MR) is 93.4 cm³/mol. The molecule has 0 bridgehead atoms. The largest absolute Gasteiger partial charge is 0.375 e. The molecule has 24 heavy (non-hydrogen) atoms. The Morgan fingerprint density at radius 2 is 1.79 bits per heavy atom. The Labute approximate surface area is 145 Å². The summed E-state index contributed by atoms with van der Waals surface area (Å²) in [6.07, 6.45) is 7.70. The Morgan fingerprint density at radius 1 is 1.08 bits per heavy atom. The van der Waals surface area contributed by atoms with Crippen molar-refractivity contribution in [1.82, 2.24) is 4.31 Å². The van der Waals surface area contributed by atoms with E-state index in [1.54, 1.807) is 16.4 Å². The molecule has 0 N–H and O–H groups in total. The zero-order chi connectivity index (χ0) is 16.8. The molecular formula is C19H27NO3S. The van der Waals surface area contributed by atoms with Crippen LogP contribution in [-0.2, 0) is 14.8 Å². The van der Waals surface area contributed by atoms with Crippen LogP contribution in [-0.4, -0.2) is 37.5 Å². The quantitative estimate of drug-likeness (QED) is 0.821. The maximum atomic E-state index is 13.2. The number of sulfonamides is 1. The van der Waals surface area contributed by atoms with E-state index in [-0.39, 0.29) is 11.6 Å². The lowest BCUT2D eigenvalue weighted by molar-refractivity contribution is -0.145. The van der Waals surface area contributed by atoms with Crippen molar-refractivity contribution in [2.75, 3.05) is 13.2 Å². The van der Waals surface area contributed by atoms with Crippen molar-refractivity contribution in [3.05, 3.63) is 29.8 Å². The van der Waals surface area contributed by atoms with Gasteiger partial charge in [-0.2, -0.15) is 4.31 Å². The highest BCUT2D eigenvalue weighted by Gasteiger charge is 2.54. The summed E-state index contributed by atoms with van der Waals surface area (Å²) in [5, 5.41) is 0. The van der Waals surface area contributed by atoms with Crippen LogP contribution in [0, 0.1) is 12.8 Å². The summed E-state index contributed by atoms with van der Waals surface area (Å²) in [6, 6.07) is 7.37. The molecule has 0 radical (unpaired) electrons. The van der Waals surface area contributed by atoms with E-state index < -0.39 is 10.0 Å². The molecule has 1 aromatic rings. The molecule has 1 spiro atoms. The van der Waals surface area contributed by atoms with E-state index in [9.17, 15) is 8.42 Å². The van der Waals surface area contributed by atoms with E-state index in [2.05, 4.69) is 0 Å². The van der Waals surface area contributed by atoms with Crippen LogP contribution in [0.1, 0.15) is 50.5 Å². The summed E-state index contributed by atoms with van der Waals surface area (Å²) in [4.78, 5) is 0.429.